The second-order valence-corrected chi connectivity index (χ2v) is 6.05. The summed E-state index contributed by atoms with van der Waals surface area (Å²) in [5.74, 6) is -0.807. The van der Waals surface area contributed by atoms with Crippen LogP contribution in [0.3, 0.4) is 0 Å². The number of aliphatic hydroxyl groups is 1. The molecule has 1 heterocycles. The van der Waals surface area contributed by atoms with Crippen LogP contribution >= 0.6 is 11.8 Å². The average Bonchev–Trinajstić information content (AvgIpc) is 3.02. The maximum atomic E-state index is 14.2. The molecule has 2 rings (SSSR count). The molecule has 0 bridgehead atoms. The molecule has 22 heavy (non-hydrogen) atoms. The van der Waals surface area contributed by atoms with Gasteiger partial charge in [0.25, 0.3) is 5.91 Å². The Balaban J connectivity index is 2.13. The lowest BCUT2D eigenvalue weighted by molar-refractivity contribution is 0.0935. The molecular weight excluding hydrogens is 303 g/mol. The molecule has 2 unspecified atom stereocenters. The van der Waals surface area contributed by atoms with E-state index < -0.39 is 5.82 Å². The van der Waals surface area contributed by atoms with Crippen molar-refractivity contribution in [1.82, 2.24) is 9.88 Å². The number of rotatable bonds is 6. The van der Waals surface area contributed by atoms with Gasteiger partial charge in [0.15, 0.2) is 0 Å². The van der Waals surface area contributed by atoms with Crippen LogP contribution in [0.25, 0.3) is 5.69 Å². The number of hydrogen-bond donors (Lipinski definition) is 2. The summed E-state index contributed by atoms with van der Waals surface area (Å²) < 4.78 is 15.8. The number of carbonyl (C=O) groups excluding carboxylic acids is 1. The number of amides is 1. The minimum absolute atomic E-state index is 0.0243. The van der Waals surface area contributed by atoms with Crippen LogP contribution in [0.4, 0.5) is 4.39 Å². The van der Waals surface area contributed by atoms with E-state index in [-0.39, 0.29) is 29.4 Å². The van der Waals surface area contributed by atoms with Crippen LogP contribution in [0.1, 0.15) is 17.3 Å². The Labute approximate surface area is 133 Å². The van der Waals surface area contributed by atoms with Crippen LogP contribution < -0.4 is 5.32 Å². The molecule has 0 aliphatic heterocycles. The summed E-state index contributed by atoms with van der Waals surface area (Å²) >= 11 is 1.48. The normalized spacial score (nSPS) is 13.6. The molecule has 0 aliphatic carbocycles. The molecule has 6 heteroatoms. The molecule has 0 fully saturated rings. The number of halogens is 1. The van der Waals surface area contributed by atoms with Gasteiger partial charge in [-0.25, -0.2) is 4.39 Å². The molecule has 0 spiro atoms. The van der Waals surface area contributed by atoms with Crippen molar-refractivity contribution >= 4 is 17.7 Å². The van der Waals surface area contributed by atoms with E-state index in [4.69, 9.17) is 0 Å². The predicted octanol–water partition coefficient (Wildman–Crippen LogP) is 2.46. The van der Waals surface area contributed by atoms with E-state index in [1.807, 2.05) is 13.2 Å². The first-order chi connectivity index (χ1) is 10.6. The first-order valence-corrected chi connectivity index (χ1v) is 8.23. The van der Waals surface area contributed by atoms with Gasteiger partial charge in [-0.1, -0.05) is 0 Å². The molecule has 0 saturated carbocycles. The second-order valence-electron chi connectivity index (χ2n) is 4.98. The Morgan fingerprint density at radius 3 is 2.64 bits per heavy atom. The van der Waals surface area contributed by atoms with Crippen molar-refractivity contribution < 1.29 is 14.3 Å². The van der Waals surface area contributed by atoms with Crippen molar-refractivity contribution in [3.63, 3.8) is 0 Å². The predicted molar refractivity (Wildman–Crippen MR) is 87.0 cm³/mol. The molecule has 0 aliphatic rings. The largest absolute Gasteiger partial charge is 0.395 e. The highest BCUT2D eigenvalue weighted by atomic mass is 32.2. The molecule has 118 valence electrons. The average molecular weight is 322 g/mol. The van der Waals surface area contributed by atoms with Crippen molar-refractivity contribution in [1.29, 1.82) is 0 Å². The molecule has 1 amide bonds. The fourth-order valence-electron chi connectivity index (χ4n) is 2.17. The number of carbonyl (C=O) groups is 1. The van der Waals surface area contributed by atoms with Crippen molar-refractivity contribution in [2.45, 2.75) is 18.2 Å². The molecule has 2 atom stereocenters. The zero-order chi connectivity index (χ0) is 16.1. The number of aliphatic hydroxyl groups excluding tert-OH is 1. The van der Waals surface area contributed by atoms with Crippen LogP contribution in [0.15, 0.2) is 42.7 Å². The topological polar surface area (TPSA) is 54.3 Å². The fourth-order valence-corrected chi connectivity index (χ4v) is 2.80. The summed E-state index contributed by atoms with van der Waals surface area (Å²) in [7, 11) is 0. The number of nitrogens with zero attached hydrogens (tertiary/aromatic N) is 1. The van der Waals surface area contributed by atoms with Crippen molar-refractivity contribution in [3.05, 3.63) is 54.1 Å². The summed E-state index contributed by atoms with van der Waals surface area (Å²) in [5.41, 5.74) is 0.657. The Hall–Kier alpha value is -1.79. The Bertz CT molecular complexity index is 627. The number of nitrogens with one attached hydrogen (secondary N) is 1. The maximum absolute atomic E-state index is 14.2. The Kier molecular flexibility index (Phi) is 5.63. The highest BCUT2D eigenvalue weighted by Crippen LogP contribution is 2.16. The zero-order valence-electron chi connectivity index (χ0n) is 12.5. The van der Waals surface area contributed by atoms with E-state index in [1.54, 1.807) is 41.2 Å². The van der Waals surface area contributed by atoms with Gasteiger partial charge in [-0.3, -0.25) is 4.79 Å². The minimum atomic E-state index is -0.458. The third-order valence-electron chi connectivity index (χ3n) is 3.49. The third kappa shape index (κ3) is 3.69. The van der Waals surface area contributed by atoms with E-state index in [9.17, 15) is 14.3 Å². The summed E-state index contributed by atoms with van der Waals surface area (Å²) in [6.45, 7) is 1.80. The molecule has 1 aromatic heterocycles. The second kappa shape index (κ2) is 7.47. The van der Waals surface area contributed by atoms with E-state index in [0.29, 0.717) is 5.69 Å². The van der Waals surface area contributed by atoms with Gasteiger partial charge in [0, 0.05) is 29.2 Å². The van der Waals surface area contributed by atoms with Gasteiger partial charge in [0.05, 0.1) is 12.3 Å². The maximum Gasteiger partial charge on any atom is 0.251 e. The smallest absolute Gasteiger partial charge is 0.251 e. The molecule has 4 nitrogen and oxygen atoms in total. The standard InChI is InChI=1S/C16H19FN2O2S/c1-11(15(10-20)22-2)18-16(21)12-5-6-14(13(17)9-12)19-7-3-4-8-19/h3-9,11,15,20H,10H2,1-2H3,(H,18,21). The molecule has 0 radical (unpaired) electrons. The summed E-state index contributed by atoms with van der Waals surface area (Å²) in [4.78, 5) is 12.2. The summed E-state index contributed by atoms with van der Waals surface area (Å²) in [6.07, 6.45) is 5.35. The lowest BCUT2D eigenvalue weighted by atomic mass is 10.1. The number of benzene rings is 1. The van der Waals surface area contributed by atoms with Gasteiger partial charge < -0.3 is 15.0 Å². The van der Waals surface area contributed by atoms with Crippen molar-refractivity contribution in [3.8, 4) is 5.69 Å². The van der Waals surface area contributed by atoms with Gasteiger partial charge >= 0.3 is 0 Å². The van der Waals surface area contributed by atoms with Gasteiger partial charge in [-0.2, -0.15) is 11.8 Å². The van der Waals surface area contributed by atoms with Crippen molar-refractivity contribution in [2.75, 3.05) is 12.9 Å². The highest BCUT2D eigenvalue weighted by Gasteiger charge is 2.19. The van der Waals surface area contributed by atoms with Crippen molar-refractivity contribution in [2.24, 2.45) is 0 Å². The third-order valence-corrected chi connectivity index (χ3v) is 4.65. The van der Waals surface area contributed by atoms with Crippen LogP contribution in [0.2, 0.25) is 0 Å². The summed E-state index contributed by atoms with van der Waals surface area (Å²) in [5, 5.41) is 11.9. The lowest BCUT2D eigenvalue weighted by Crippen LogP contribution is -2.41. The first-order valence-electron chi connectivity index (χ1n) is 6.94. The van der Waals surface area contributed by atoms with Crippen LogP contribution in [0.5, 0.6) is 0 Å². The Morgan fingerprint density at radius 2 is 2.09 bits per heavy atom. The lowest BCUT2D eigenvalue weighted by Gasteiger charge is -2.21. The van der Waals surface area contributed by atoms with Crippen LogP contribution in [-0.2, 0) is 0 Å². The summed E-state index contributed by atoms with van der Waals surface area (Å²) in [6, 6.07) is 7.79. The number of thioether (sulfide) groups is 1. The van der Waals surface area contributed by atoms with Crippen LogP contribution in [-0.4, -0.2) is 39.7 Å². The molecule has 2 N–H and O–H groups in total. The Morgan fingerprint density at radius 1 is 1.41 bits per heavy atom. The van der Waals surface area contributed by atoms with Gasteiger partial charge in [0.1, 0.15) is 5.82 Å². The van der Waals surface area contributed by atoms with E-state index in [1.165, 1.54) is 17.8 Å². The van der Waals surface area contributed by atoms with E-state index >= 15 is 0 Å². The van der Waals surface area contributed by atoms with E-state index in [0.717, 1.165) is 0 Å². The van der Waals surface area contributed by atoms with Gasteiger partial charge in [0.2, 0.25) is 0 Å². The molecule has 2 aromatic rings. The number of hydrogen-bond acceptors (Lipinski definition) is 3. The van der Waals surface area contributed by atoms with Gasteiger partial charge in [-0.05, 0) is 43.5 Å². The quantitative estimate of drug-likeness (QED) is 0.859. The highest BCUT2D eigenvalue weighted by molar-refractivity contribution is 7.99. The fraction of sp³-hybridized carbons (Fsp3) is 0.312. The monoisotopic (exact) mass is 322 g/mol. The van der Waals surface area contributed by atoms with E-state index in [2.05, 4.69) is 5.32 Å². The molecular formula is C16H19FN2O2S. The first kappa shape index (κ1) is 16.6. The molecule has 0 saturated heterocycles. The van der Waals surface area contributed by atoms with Gasteiger partial charge in [-0.15, -0.1) is 0 Å². The molecule has 1 aromatic carbocycles. The zero-order valence-corrected chi connectivity index (χ0v) is 13.3. The van der Waals surface area contributed by atoms with Crippen LogP contribution in [0, 0.1) is 5.82 Å². The minimum Gasteiger partial charge on any atom is -0.395 e. The number of aromatic nitrogens is 1. The SMILES string of the molecule is CSC(CO)C(C)NC(=O)c1ccc(-n2cccc2)c(F)c1.